The second kappa shape index (κ2) is 5.49. The van der Waals surface area contributed by atoms with Crippen LogP contribution in [0.2, 0.25) is 0 Å². The number of fused-ring (bicyclic) bond motifs is 1. The van der Waals surface area contributed by atoms with E-state index in [0.29, 0.717) is 17.8 Å². The molecule has 1 atom stereocenters. The van der Waals surface area contributed by atoms with Crippen LogP contribution >= 0.6 is 0 Å². The van der Waals surface area contributed by atoms with E-state index in [2.05, 4.69) is 37.9 Å². The lowest BCUT2D eigenvalue weighted by Crippen LogP contribution is -2.21. The van der Waals surface area contributed by atoms with E-state index in [9.17, 15) is 0 Å². The highest BCUT2D eigenvalue weighted by molar-refractivity contribution is 5.88. The van der Waals surface area contributed by atoms with Crippen molar-refractivity contribution >= 4 is 22.8 Å². The summed E-state index contributed by atoms with van der Waals surface area (Å²) in [6, 6.07) is 2.35. The molecule has 8 heteroatoms. The van der Waals surface area contributed by atoms with Gasteiger partial charge < -0.3 is 26.8 Å². The minimum Gasteiger partial charge on any atom is -0.384 e. The van der Waals surface area contributed by atoms with Gasteiger partial charge in [0.15, 0.2) is 0 Å². The van der Waals surface area contributed by atoms with Gasteiger partial charge in [-0.3, -0.25) is 5.84 Å². The molecular formula is C13H20N8. The Bertz CT molecular complexity index is 657. The zero-order valence-electron chi connectivity index (χ0n) is 11.9. The SMILES string of the molecule is C[C@H](Nc1nc(N/C(N)=C/NN)nc2[nH]ccc12)C1CC1. The summed E-state index contributed by atoms with van der Waals surface area (Å²) >= 11 is 0. The number of aromatic amines is 1. The van der Waals surface area contributed by atoms with E-state index in [1.54, 1.807) is 0 Å². The summed E-state index contributed by atoms with van der Waals surface area (Å²) in [5.41, 5.74) is 8.86. The van der Waals surface area contributed by atoms with E-state index in [4.69, 9.17) is 11.6 Å². The molecule has 3 rings (SSSR count). The standard InChI is InChI=1S/C13H20N8/c1-7(8-2-3-8)18-12-9-4-5-16-11(9)20-13(21-12)19-10(14)6-17-15/h4-8,17H,2-3,14-15H2,1H3,(H3,16,18,19,20,21)/b10-6+/t7-/m0/s1. The van der Waals surface area contributed by atoms with Gasteiger partial charge in [-0.1, -0.05) is 0 Å². The molecule has 0 aliphatic heterocycles. The van der Waals surface area contributed by atoms with Crippen LogP contribution in [-0.4, -0.2) is 21.0 Å². The molecular weight excluding hydrogens is 268 g/mol. The lowest BCUT2D eigenvalue weighted by molar-refractivity contribution is 0.691. The molecule has 21 heavy (non-hydrogen) atoms. The minimum absolute atomic E-state index is 0.338. The second-order valence-electron chi connectivity index (χ2n) is 5.30. The van der Waals surface area contributed by atoms with E-state index in [-0.39, 0.29) is 0 Å². The zero-order chi connectivity index (χ0) is 14.8. The van der Waals surface area contributed by atoms with Crippen molar-refractivity contribution in [3.05, 3.63) is 24.3 Å². The van der Waals surface area contributed by atoms with Crippen LogP contribution in [0.4, 0.5) is 11.8 Å². The lowest BCUT2D eigenvalue weighted by Gasteiger charge is -2.15. The first-order chi connectivity index (χ1) is 10.2. The van der Waals surface area contributed by atoms with Gasteiger partial charge in [0.2, 0.25) is 5.95 Å². The third-order valence-electron chi connectivity index (χ3n) is 3.60. The van der Waals surface area contributed by atoms with Crippen molar-refractivity contribution < 1.29 is 0 Å². The Hall–Kier alpha value is -2.48. The topological polar surface area (TPSA) is 130 Å². The predicted molar refractivity (Wildman–Crippen MR) is 82.9 cm³/mol. The van der Waals surface area contributed by atoms with Gasteiger partial charge in [-0.2, -0.15) is 9.97 Å². The van der Waals surface area contributed by atoms with Gasteiger partial charge in [0.25, 0.3) is 0 Å². The molecule has 0 amide bonds. The van der Waals surface area contributed by atoms with Crippen LogP contribution in [0.25, 0.3) is 11.0 Å². The summed E-state index contributed by atoms with van der Waals surface area (Å²) in [6.07, 6.45) is 5.83. The highest BCUT2D eigenvalue weighted by Gasteiger charge is 2.28. The Morgan fingerprint density at radius 3 is 3.00 bits per heavy atom. The maximum absolute atomic E-state index is 5.74. The van der Waals surface area contributed by atoms with E-state index < -0.39 is 0 Å². The summed E-state index contributed by atoms with van der Waals surface area (Å²) in [5.74, 6) is 7.48. The van der Waals surface area contributed by atoms with Crippen LogP contribution in [0.5, 0.6) is 0 Å². The maximum Gasteiger partial charge on any atom is 0.232 e. The molecule has 8 N–H and O–H groups in total. The molecule has 1 fully saturated rings. The molecule has 0 unspecified atom stereocenters. The number of H-pyrrole nitrogens is 1. The Balaban J connectivity index is 1.89. The summed E-state index contributed by atoms with van der Waals surface area (Å²) in [6.45, 7) is 2.18. The van der Waals surface area contributed by atoms with Crippen molar-refractivity contribution in [2.75, 3.05) is 10.6 Å². The molecule has 1 saturated carbocycles. The molecule has 0 spiro atoms. The van der Waals surface area contributed by atoms with Gasteiger partial charge >= 0.3 is 0 Å². The molecule has 112 valence electrons. The number of hydrazine groups is 1. The molecule has 8 nitrogen and oxygen atoms in total. The Morgan fingerprint density at radius 2 is 2.29 bits per heavy atom. The van der Waals surface area contributed by atoms with Gasteiger partial charge in [0.1, 0.15) is 17.3 Å². The predicted octanol–water partition coefficient (Wildman–Crippen LogP) is 0.801. The van der Waals surface area contributed by atoms with Crippen molar-refractivity contribution in [3.63, 3.8) is 0 Å². The molecule has 1 aliphatic rings. The van der Waals surface area contributed by atoms with Crippen molar-refractivity contribution in [1.82, 2.24) is 20.4 Å². The number of nitrogens with one attached hydrogen (secondary N) is 4. The fraction of sp³-hybridized carbons (Fsp3) is 0.385. The lowest BCUT2D eigenvalue weighted by atomic mass is 10.2. The summed E-state index contributed by atoms with van der Waals surface area (Å²) in [4.78, 5) is 12.0. The fourth-order valence-corrected chi connectivity index (χ4v) is 2.29. The first-order valence-electron chi connectivity index (χ1n) is 6.98. The minimum atomic E-state index is 0.338. The molecule has 0 radical (unpaired) electrons. The number of nitrogens with two attached hydrogens (primary N) is 2. The molecule has 0 saturated heterocycles. The third kappa shape index (κ3) is 3.00. The average molecular weight is 288 g/mol. The van der Waals surface area contributed by atoms with Crippen LogP contribution in [0.15, 0.2) is 24.3 Å². The smallest absolute Gasteiger partial charge is 0.232 e. The molecule has 2 aromatic rings. The van der Waals surface area contributed by atoms with Gasteiger partial charge in [0.05, 0.1) is 11.6 Å². The van der Waals surface area contributed by atoms with E-state index in [1.807, 2.05) is 12.3 Å². The quantitative estimate of drug-likeness (QED) is 0.342. The number of hydrogen-bond donors (Lipinski definition) is 6. The number of hydrogen-bond acceptors (Lipinski definition) is 7. The van der Waals surface area contributed by atoms with E-state index in [1.165, 1.54) is 19.0 Å². The highest BCUT2D eigenvalue weighted by Crippen LogP contribution is 2.34. The van der Waals surface area contributed by atoms with Crippen LogP contribution in [-0.2, 0) is 0 Å². The zero-order valence-corrected chi connectivity index (χ0v) is 11.9. The molecule has 1 aliphatic carbocycles. The van der Waals surface area contributed by atoms with Crippen molar-refractivity contribution in [2.24, 2.45) is 17.5 Å². The van der Waals surface area contributed by atoms with Crippen molar-refractivity contribution in [2.45, 2.75) is 25.8 Å². The van der Waals surface area contributed by atoms with Gasteiger partial charge in [-0.05, 0) is 31.7 Å². The molecule has 0 aromatic carbocycles. The maximum atomic E-state index is 5.74. The second-order valence-corrected chi connectivity index (χ2v) is 5.30. The molecule has 2 heterocycles. The first-order valence-corrected chi connectivity index (χ1v) is 6.98. The van der Waals surface area contributed by atoms with Crippen LogP contribution in [0.1, 0.15) is 19.8 Å². The molecule has 0 bridgehead atoms. The molecule has 2 aromatic heterocycles. The Morgan fingerprint density at radius 1 is 1.48 bits per heavy atom. The van der Waals surface area contributed by atoms with Gasteiger partial charge in [0, 0.05) is 12.2 Å². The fourth-order valence-electron chi connectivity index (χ4n) is 2.29. The number of aromatic nitrogens is 3. The Kier molecular flexibility index (Phi) is 3.53. The summed E-state index contributed by atoms with van der Waals surface area (Å²) < 4.78 is 0. The third-order valence-corrected chi connectivity index (χ3v) is 3.60. The highest BCUT2D eigenvalue weighted by atomic mass is 15.2. The number of nitrogens with zero attached hydrogens (tertiary/aromatic N) is 2. The van der Waals surface area contributed by atoms with Crippen LogP contribution in [0.3, 0.4) is 0 Å². The van der Waals surface area contributed by atoms with E-state index in [0.717, 1.165) is 22.8 Å². The largest absolute Gasteiger partial charge is 0.384 e. The normalized spacial score (nSPS) is 16.8. The van der Waals surface area contributed by atoms with Gasteiger partial charge in [-0.25, -0.2) is 0 Å². The first kappa shape index (κ1) is 13.5. The van der Waals surface area contributed by atoms with Crippen molar-refractivity contribution in [3.8, 4) is 0 Å². The number of rotatable bonds is 6. The monoisotopic (exact) mass is 288 g/mol. The average Bonchev–Trinajstić information content (AvgIpc) is 3.18. The summed E-state index contributed by atoms with van der Waals surface area (Å²) in [7, 11) is 0. The van der Waals surface area contributed by atoms with Crippen LogP contribution in [0, 0.1) is 5.92 Å². The van der Waals surface area contributed by atoms with Gasteiger partial charge in [-0.15, -0.1) is 0 Å². The van der Waals surface area contributed by atoms with Crippen LogP contribution < -0.4 is 27.6 Å². The summed E-state index contributed by atoms with van der Waals surface area (Å²) in [5, 5.41) is 7.33. The number of anilines is 2. The van der Waals surface area contributed by atoms with E-state index >= 15 is 0 Å². The van der Waals surface area contributed by atoms with Crippen molar-refractivity contribution in [1.29, 1.82) is 0 Å². The Labute approximate surface area is 122 Å².